The summed E-state index contributed by atoms with van der Waals surface area (Å²) in [6.45, 7) is 2.54. The third-order valence-corrected chi connectivity index (χ3v) is 3.30. The maximum Gasteiger partial charge on any atom is 0.315 e. The van der Waals surface area contributed by atoms with Gasteiger partial charge in [0.25, 0.3) is 0 Å². The van der Waals surface area contributed by atoms with Gasteiger partial charge in [0.1, 0.15) is 6.42 Å². The van der Waals surface area contributed by atoms with E-state index < -0.39 is 5.97 Å². The fourth-order valence-electron chi connectivity index (χ4n) is 2.02. The molecule has 1 amide bonds. The molecule has 19 heavy (non-hydrogen) atoms. The van der Waals surface area contributed by atoms with Crippen LogP contribution in [0.1, 0.15) is 31.9 Å². The van der Waals surface area contributed by atoms with Crippen molar-refractivity contribution in [2.45, 2.75) is 31.6 Å². The number of pyridine rings is 1. The van der Waals surface area contributed by atoms with Crippen molar-refractivity contribution in [3.8, 4) is 0 Å². The van der Waals surface area contributed by atoms with Crippen molar-refractivity contribution in [2.75, 3.05) is 13.2 Å². The minimum absolute atomic E-state index is 0.0361. The van der Waals surface area contributed by atoms with Crippen LogP contribution in [0, 0.1) is 0 Å². The van der Waals surface area contributed by atoms with Crippen molar-refractivity contribution >= 4 is 11.9 Å². The molecule has 0 aromatic carbocycles. The highest BCUT2D eigenvalue weighted by atomic mass is 16.5. The lowest BCUT2D eigenvalue weighted by molar-refractivity contribution is -0.145. The van der Waals surface area contributed by atoms with Crippen molar-refractivity contribution < 1.29 is 14.3 Å². The minimum Gasteiger partial charge on any atom is -0.466 e. The molecule has 1 saturated carbocycles. The summed E-state index contributed by atoms with van der Waals surface area (Å²) >= 11 is 0. The fourth-order valence-corrected chi connectivity index (χ4v) is 2.02. The topological polar surface area (TPSA) is 68.3 Å². The molecule has 1 fully saturated rings. The number of rotatable bonds is 6. The predicted octanol–water partition coefficient (Wildman–Crippen LogP) is 1.18. The van der Waals surface area contributed by atoms with E-state index in [-0.39, 0.29) is 17.7 Å². The van der Waals surface area contributed by atoms with Crippen LogP contribution in [0.4, 0.5) is 0 Å². The predicted molar refractivity (Wildman–Crippen MR) is 69.4 cm³/mol. The highest BCUT2D eigenvalue weighted by Gasteiger charge is 2.45. The van der Waals surface area contributed by atoms with Gasteiger partial charge < -0.3 is 10.1 Å². The second-order valence-electron chi connectivity index (χ2n) is 4.75. The van der Waals surface area contributed by atoms with E-state index in [1.54, 1.807) is 13.1 Å². The molecule has 1 aromatic rings. The van der Waals surface area contributed by atoms with Crippen LogP contribution in [-0.4, -0.2) is 30.0 Å². The lowest BCUT2D eigenvalue weighted by atomic mass is 10.0. The van der Waals surface area contributed by atoms with Gasteiger partial charge in [-0.15, -0.1) is 0 Å². The lowest BCUT2D eigenvalue weighted by Crippen LogP contribution is -2.34. The number of aromatic nitrogens is 1. The van der Waals surface area contributed by atoms with E-state index in [4.69, 9.17) is 4.74 Å². The first-order chi connectivity index (χ1) is 9.16. The number of ether oxygens (including phenoxy) is 1. The molecular formula is C14H18N2O3. The quantitative estimate of drug-likeness (QED) is 0.617. The van der Waals surface area contributed by atoms with Gasteiger partial charge in [-0.2, -0.15) is 0 Å². The highest BCUT2D eigenvalue weighted by Crippen LogP contribution is 2.46. The zero-order valence-electron chi connectivity index (χ0n) is 11.0. The Balaban J connectivity index is 1.83. The van der Waals surface area contributed by atoms with E-state index in [0.29, 0.717) is 13.2 Å². The van der Waals surface area contributed by atoms with E-state index in [9.17, 15) is 9.59 Å². The van der Waals surface area contributed by atoms with Crippen LogP contribution in [0.15, 0.2) is 24.4 Å². The van der Waals surface area contributed by atoms with E-state index >= 15 is 0 Å². The number of carbonyl (C=O) groups is 2. The second-order valence-corrected chi connectivity index (χ2v) is 4.75. The number of hydrogen-bond donors (Lipinski definition) is 1. The largest absolute Gasteiger partial charge is 0.466 e. The molecule has 1 aliphatic carbocycles. The van der Waals surface area contributed by atoms with Crippen LogP contribution in [0.25, 0.3) is 0 Å². The summed E-state index contributed by atoms with van der Waals surface area (Å²) in [7, 11) is 0. The van der Waals surface area contributed by atoms with Gasteiger partial charge >= 0.3 is 5.97 Å². The highest BCUT2D eigenvalue weighted by molar-refractivity contribution is 5.94. The molecular weight excluding hydrogens is 244 g/mol. The van der Waals surface area contributed by atoms with Gasteiger partial charge in [0, 0.05) is 23.9 Å². The normalized spacial score (nSPS) is 15.6. The Morgan fingerprint density at radius 2 is 2.21 bits per heavy atom. The summed E-state index contributed by atoms with van der Waals surface area (Å²) in [5, 5.41) is 2.79. The van der Waals surface area contributed by atoms with Crippen LogP contribution >= 0.6 is 0 Å². The first-order valence-corrected chi connectivity index (χ1v) is 6.50. The molecule has 0 unspecified atom stereocenters. The molecule has 1 aliphatic rings. The van der Waals surface area contributed by atoms with Crippen LogP contribution < -0.4 is 5.32 Å². The third-order valence-electron chi connectivity index (χ3n) is 3.30. The Bertz CT molecular complexity index is 455. The Kier molecular flexibility index (Phi) is 4.14. The zero-order chi connectivity index (χ0) is 13.7. The van der Waals surface area contributed by atoms with Gasteiger partial charge in [-0.3, -0.25) is 14.6 Å². The Labute approximate surface area is 112 Å². The van der Waals surface area contributed by atoms with Crippen LogP contribution in [-0.2, 0) is 19.7 Å². The van der Waals surface area contributed by atoms with E-state index in [1.165, 1.54) is 0 Å². The molecule has 0 aliphatic heterocycles. The molecule has 0 radical (unpaired) electrons. The number of esters is 1. The Morgan fingerprint density at radius 3 is 2.79 bits per heavy atom. The second kappa shape index (κ2) is 5.82. The van der Waals surface area contributed by atoms with Crippen molar-refractivity contribution in [3.05, 3.63) is 30.1 Å². The molecule has 5 heteroatoms. The Hall–Kier alpha value is -1.91. The molecule has 0 saturated heterocycles. The fraction of sp³-hybridized carbons (Fsp3) is 0.500. The molecule has 0 bridgehead atoms. The summed E-state index contributed by atoms with van der Waals surface area (Å²) in [4.78, 5) is 27.1. The van der Waals surface area contributed by atoms with Gasteiger partial charge in [-0.05, 0) is 31.9 Å². The molecule has 2 rings (SSSR count). The zero-order valence-corrected chi connectivity index (χ0v) is 11.0. The smallest absolute Gasteiger partial charge is 0.315 e. The third kappa shape index (κ3) is 3.53. The molecule has 5 nitrogen and oxygen atoms in total. The maximum absolute atomic E-state index is 11.6. The number of nitrogens with one attached hydrogen (secondary N) is 1. The van der Waals surface area contributed by atoms with Crippen LogP contribution in [0.5, 0.6) is 0 Å². The van der Waals surface area contributed by atoms with Gasteiger partial charge in [0.05, 0.1) is 6.61 Å². The van der Waals surface area contributed by atoms with Crippen molar-refractivity contribution in [1.29, 1.82) is 0 Å². The SMILES string of the molecule is CCOC(=O)CC(=O)NCC1(c2ccccn2)CC1. The summed E-state index contributed by atoms with van der Waals surface area (Å²) in [5.41, 5.74) is 0.970. The summed E-state index contributed by atoms with van der Waals surface area (Å²) in [6, 6.07) is 5.80. The Morgan fingerprint density at radius 1 is 1.42 bits per heavy atom. The number of carbonyl (C=O) groups excluding carboxylic acids is 2. The van der Waals surface area contributed by atoms with Gasteiger partial charge in [0.15, 0.2) is 0 Å². The molecule has 1 aromatic heterocycles. The van der Waals surface area contributed by atoms with Crippen LogP contribution in [0.2, 0.25) is 0 Å². The summed E-state index contributed by atoms with van der Waals surface area (Å²) in [5.74, 6) is -0.775. The number of amides is 1. The van der Waals surface area contributed by atoms with Crippen molar-refractivity contribution in [1.82, 2.24) is 10.3 Å². The van der Waals surface area contributed by atoms with Crippen molar-refractivity contribution in [2.24, 2.45) is 0 Å². The molecule has 0 atom stereocenters. The molecule has 1 heterocycles. The van der Waals surface area contributed by atoms with Crippen molar-refractivity contribution in [3.63, 3.8) is 0 Å². The summed E-state index contributed by atoms with van der Waals surface area (Å²) in [6.07, 6.45) is 3.58. The average molecular weight is 262 g/mol. The van der Waals surface area contributed by atoms with Gasteiger partial charge in [-0.1, -0.05) is 6.07 Å². The summed E-state index contributed by atoms with van der Waals surface area (Å²) < 4.78 is 4.73. The monoisotopic (exact) mass is 262 g/mol. The number of hydrogen-bond acceptors (Lipinski definition) is 4. The van der Waals surface area contributed by atoms with E-state index in [1.807, 2.05) is 18.2 Å². The first-order valence-electron chi connectivity index (χ1n) is 6.50. The minimum atomic E-state index is -0.484. The maximum atomic E-state index is 11.6. The van der Waals surface area contributed by atoms with Gasteiger partial charge in [0.2, 0.25) is 5.91 Å². The van der Waals surface area contributed by atoms with E-state index in [2.05, 4.69) is 10.3 Å². The van der Waals surface area contributed by atoms with E-state index in [0.717, 1.165) is 18.5 Å². The molecule has 102 valence electrons. The van der Waals surface area contributed by atoms with Crippen LogP contribution in [0.3, 0.4) is 0 Å². The number of nitrogens with zero attached hydrogens (tertiary/aromatic N) is 1. The lowest BCUT2D eigenvalue weighted by Gasteiger charge is -2.15. The standard InChI is InChI=1S/C14H18N2O3/c1-2-19-13(18)9-12(17)16-10-14(6-7-14)11-5-3-4-8-15-11/h3-5,8H,2,6-7,9-10H2,1H3,(H,16,17). The molecule has 0 spiro atoms. The van der Waals surface area contributed by atoms with Gasteiger partial charge in [-0.25, -0.2) is 0 Å². The first kappa shape index (κ1) is 13.5. The average Bonchev–Trinajstić information content (AvgIpc) is 3.19. The molecule has 1 N–H and O–H groups in total.